The van der Waals surface area contributed by atoms with Gasteiger partial charge in [-0.15, -0.1) is 0 Å². The number of amides is 1. The molecule has 0 saturated heterocycles. The molecule has 3 aromatic carbocycles. The Labute approximate surface area is 204 Å². The molecule has 0 spiro atoms. The number of carbonyl (C=O) groups is 1. The van der Waals surface area contributed by atoms with E-state index in [1.54, 1.807) is 0 Å². The predicted molar refractivity (Wildman–Crippen MR) is 145 cm³/mol. The fourth-order valence-electron chi connectivity index (χ4n) is 4.79. The van der Waals surface area contributed by atoms with E-state index in [9.17, 15) is 4.79 Å². The first kappa shape index (κ1) is 23.8. The van der Waals surface area contributed by atoms with Gasteiger partial charge in [0.2, 0.25) is 5.91 Å². The third kappa shape index (κ3) is 5.77. The summed E-state index contributed by atoms with van der Waals surface area (Å²) in [6.07, 6.45) is 9.70. The van der Waals surface area contributed by atoms with E-state index < -0.39 is 0 Å². The maximum atomic E-state index is 13.7. The Morgan fingerprint density at radius 2 is 1.50 bits per heavy atom. The van der Waals surface area contributed by atoms with Crippen LogP contribution >= 0.6 is 0 Å². The summed E-state index contributed by atoms with van der Waals surface area (Å²) in [5.74, 6) is 0.397. The lowest BCUT2D eigenvalue weighted by Crippen LogP contribution is -2.36. The Morgan fingerprint density at radius 1 is 0.853 bits per heavy atom. The Morgan fingerprint density at radius 3 is 2.12 bits per heavy atom. The summed E-state index contributed by atoms with van der Waals surface area (Å²) in [5, 5.41) is 0. The van der Waals surface area contributed by atoms with Gasteiger partial charge in [-0.3, -0.25) is 4.79 Å². The van der Waals surface area contributed by atoms with Crippen LogP contribution in [-0.2, 0) is 11.3 Å². The topological polar surface area (TPSA) is 23.6 Å². The number of allylic oxidation sites excluding steroid dienone is 1. The van der Waals surface area contributed by atoms with Crippen molar-refractivity contribution in [3.63, 3.8) is 0 Å². The molecule has 0 radical (unpaired) electrons. The molecule has 1 aliphatic carbocycles. The Bertz CT molecular complexity index is 1110. The fourth-order valence-corrected chi connectivity index (χ4v) is 4.79. The summed E-state index contributed by atoms with van der Waals surface area (Å²) in [7, 11) is 4.11. The lowest BCUT2D eigenvalue weighted by Gasteiger charge is -2.30. The maximum absolute atomic E-state index is 13.7. The van der Waals surface area contributed by atoms with E-state index in [1.807, 2.05) is 24.0 Å². The number of rotatable bonds is 7. The molecule has 1 amide bonds. The number of carbonyl (C=O) groups excluding carboxylic acids is 1. The van der Waals surface area contributed by atoms with E-state index in [-0.39, 0.29) is 11.8 Å². The second-order valence-corrected chi connectivity index (χ2v) is 9.49. The molecule has 3 aromatic rings. The quantitative estimate of drug-likeness (QED) is 0.369. The Hall–Kier alpha value is -3.33. The lowest BCUT2D eigenvalue weighted by atomic mass is 9.88. The van der Waals surface area contributed by atoms with Gasteiger partial charge in [-0.1, -0.05) is 79.9 Å². The molecule has 1 fully saturated rings. The highest BCUT2D eigenvalue weighted by atomic mass is 16.2. The molecule has 1 saturated carbocycles. The first-order valence-corrected chi connectivity index (χ1v) is 12.5. The van der Waals surface area contributed by atoms with Crippen molar-refractivity contribution in [3.8, 4) is 11.1 Å². The minimum Gasteiger partial charge on any atom is -0.378 e. The van der Waals surface area contributed by atoms with Gasteiger partial charge in [0.15, 0.2) is 0 Å². The highest BCUT2D eigenvalue weighted by molar-refractivity contribution is 5.95. The van der Waals surface area contributed by atoms with Gasteiger partial charge < -0.3 is 9.80 Å². The number of anilines is 2. The second-order valence-electron chi connectivity index (χ2n) is 9.49. The SMILES string of the molecule is C/C=C\c1cccc(N(Cc2ccc(-c3ccc(N(C)C)cc3)cc2)C(=O)C2CCCCC2)c1. The third-order valence-electron chi connectivity index (χ3n) is 6.77. The van der Waals surface area contributed by atoms with Crippen molar-refractivity contribution in [2.24, 2.45) is 5.92 Å². The summed E-state index contributed by atoms with van der Waals surface area (Å²) in [4.78, 5) is 17.8. The minimum atomic E-state index is 0.133. The Kier molecular flexibility index (Phi) is 7.84. The number of hydrogen-bond donors (Lipinski definition) is 0. The summed E-state index contributed by atoms with van der Waals surface area (Å²) < 4.78 is 0. The molecular weight excluding hydrogens is 416 g/mol. The van der Waals surface area contributed by atoms with Crippen LogP contribution in [0, 0.1) is 5.92 Å². The van der Waals surface area contributed by atoms with Gasteiger partial charge in [-0.25, -0.2) is 0 Å². The second kappa shape index (κ2) is 11.2. The van der Waals surface area contributed by atoms with Crippen LogP contribution in [0.3, 0.4) is 0 Å². The molecule has 3 nitrogen and oxygen atoms in total. The molecule has 0 N–H and O–H groups in total. The van der Waals surface area contributed by atoms with Crippen LogP contribution in [0.2, 0.25) is 0 Å². The van der Waals surface area contributed by atoms with E-state index in [4.69, 9.17) is 0 Å². The van der Waals surface area contributed by atoms with Crippen molar-refractivity contribution in [1.82, 2.24) is 0 Å². The van der Waals surface area contributed by atoms with Gasteiger partial charge in [0.05, 0.1) is 6.54 Å². The molecular formula is C31H36N2O. The highest BCUT2D eigenvalue weighted by Crippen LogP contribution is 2.30. The molecule has 0 unspecified atom stereocenters. The normalized spacial score (nSPS) is 14.3. The van der Waals surface area contributed by atoms with Gasteiger partial charge in [0.1, 0.15) is 0 Å². The van der Waals surface area contributed by atoms with Crippen molar-refractivity contribution < 1.29 is 4.79 Å². The summed E-state index contributed by atoms with van der Waals surface area (Å²) in [6, 6.07) is 25.6. The summed E-state index contributed by atoms with van der Waals surface area (Å²) >= 11 is 0. The van der Waals surface area contributed by atoms with Crippen molar-refractivity contribution in [2.45, 2.75) is 45.6 Å². The molecule has 176 valence electrons. The van der Waals surface area contributed by atoms with Gasteiger partial charge in [-0.2, -0.15) is 0 Å². The smallest absolute Gasteiger partial charge is 0.230 e. The van der Waals surface area contributed by atoms with Crippen LogP contribution in [0.25, 0.3) is 17.2 Å². The zero-order chi connectivity index (χ0) is 23.9. The van der Waals surface area contributed by atoms with Gasteiger partial charge in [-0.05, 0) is 66.3 Å². The number of benzene rings is 3. The largest absolute Gasteiger partial charge is 0.378 e. The first-order valence-electron chi connectivity index (χ1n) is 12.5. The lowest BCUT2D eigenvalue weighted by molar-refractivity contribution is -0.123. The molecule has 0 bridgehead atoms. The zero-order valence-corrected chi connectivity index (χ0v) is 20.7. The molecule has 4 rings (SSSR count). The van der Waals surface area contributed by atoms with E-state index in [0.717, 1.165) is 42.5 Å². The average molecular weight is 453 g/mol. The molecule has 0 heterocycles. The van der Waals surface area contributed by atoms with Crippen LogP contribution in [0.4, 0.5) is 11.4 Å². The van der Waals surface area contributed by atoms with Crippen molar-refractivity contribution in [2.75, 3.05) is 23.9 Å². The van der Waals surface area contributed by atoms with E-state index in [1.165, 1.54) is 23.2 Å². The Balaban J connectivity index is 1.58. The molecule has 0 aromatic heterocycles. The van der Waals surface area contributed by atoms with Crippen LogP contribution < -0.4 is 9.80 Å². The van der Waals surface area contributed by atoms with Crippen LogP contribution in [0.5, 0.6) is 0 Å². The molecule has 34 heavy (non-hydrogen) atoms. The third-order valence-corrected chi connectivity index (χ3v) is 6.77. The van der Waals surface area contributed by atoms with E-state index >= 15 is 0 Å². The van der Waals surface area contributed by atoms with Crippen molar-refractivity contribution in [3.05, 3.63) is 90.0 Å². The average Bonchev–Trinajstić information content (AvgIpc) is 2.88. The maximum Gasteiger partial charge on any atom is 0.230 e. The highest BCUT2D eigenvalue weighted by Gasteiger charge is 2.27. The van der Waals surface area contributed by atoms with Crippen molar-refractivity contribution in [1.29, 1.82) is 0 Å². The minimum absolute atomic E-state index is 0.133. The standard InChI is InChI=1S/C31H36N2O/c1-4-9-24-10-8-13-30(22-24)33(31(34)28-11-6-5-7-12-28)23-25-14-16-26(17-15-25)27-18-20-29(21-19-27)32(2)3/h4,8-10,13-22,28H,5-7,11-12,23H2,1-3H3/b9-4-. The van der Waals surface area contributed by atoms with Crippen molar-refractivity contribution >= 4 is 23.4 Å². The number of hydrogen-bond acceptors (Lipinski definition) is 2. The summed E-state index contributed by atoms with van der Waals surface area (Å²) in [5.41, 5.74) is 6.83. The van der Waals surface area contributed by atoms with Crippen LogP contribution in [0.15, 0.2) is 78.9 Å². The zero-order valence-electron chi connectivity index (χ0n) is 20.7. The number of nitrogens with zero attached hydrogens (tertiary/aromatic N) is 2. The van der Waals surface area contributed by atoms with Crippen LogP contribution in [0.1, 0.15) is 50.2 Å². The van der Waals surface area contributed by atoms with Gasteiger partial charge in [0, 0.05) is 31.4 Å². The first-order chi connectivity index (χ1) is 16.5. The molecule has 0 atom stereocenters. The molecule has 3 heteroatoms. The summed E-state index contributed by atoms with van der Waals surface area (Å²) in [6.45, 7) is 2.61. The predicted octanol–water partition coefficient (Wildman–Crippen LogP) is 7.57. The van der Waals surface area contributed by atoms with Gasteiger partial charge >= 0.3 is 0 Å². The van der Waals surface area contributed by atoms with Crippen LogP contribution in [-0.4, -0.2) is 20.0 Å². The molecule has 0 aliphatic heterocycles. The van der Waals surface area contributed by atoms with E-state index in [2.05, 4.69) is 91.8 Å². The van der Waals surface area contributed by atoms with Gasteiger partial charge in [0.25, 0.3) is 0 Å². The van der Waals surface area contributed by atoms with E-state index in [0.29, 0.717) is 6.54 Å². The molecule has 1 aliphatic rings. The monoisotopic (exact) mass is 452 g/mol. The fraction of sp³-hybridized carbons (Fsp3) is 0.323.